The van der Waals surface area contributed by atoms with Crippen molar-refractivity contribution in [2.24, 2.45) is 0 Å². The predicted molar refractivity (Wildman–Crippen MR) is 106 cm³/mol. The van der Waals surface area contributed by atoms with Gasteiger partial charge in [-0.3, -0.25) is 9.59 Å². The molecule has 0 unspecified atom stereocenters. The summed E-state index contributed by atoms with van der Waals surface area (Å²) in [6.45, 7) is 7.97. The molecule has 0 aliphatic heterocycles. The van der Waals surface area contributed by atoms with E-state index in [2.05, 4.69) is 19.2 Å². The van der Waals surface area contributed by atoms with Crippen molar-refractivity contribution in [2.75, 3.05) is 18.0 Å². The summed E-state index contributed by atoms with van der Waals surface area (Å²) in [6, 6.07) is 12.1. The van der Waals surface area contributed by atoms with Crippen molar-refractivity contribution < 1.29 is 14.0 Å². The van der Waals surface area contributed by atoms with Crippen LogP contribution in [0.4, 0.5) is 10.1 Å². The van der Waals surface area contributed by atoms with Crippen LogP contribution in [0.25, 0.3) is 0 Å². The predicted octanol–water partition coefficient (Wildman–Crippen LogP) is 3.97. The molecule has 0 saturated heterocycles. The molecule has 2 amide bonds. The Kier molecular flexibility index (Phi) is 7.11. The van der Waals surface area contributed by atoms with Gasteiger partial charge in [0.2, 0.25) is 11.8 Å². The average Bonchev–Trinajstić information content (AvgIpc) is 2.61. The zero-order chi connectivity index (χ0) is 20.0. The number of rotatable bonds is 7. The Hall–Kier alpha value is -2.69. The normalized spacial score (nSPS) is 10.7. The molecule has 0 radical (unpaired) electrons. The Bertz CT molecular complexity index is 800. The number of anilines is 1. The van der Waals surface area contributed by atoms with E-state index in [-0.39, 0.29) is 30.1 Å². The number of carbonyl (C=O) groups excluding carboxylic acids is 2. The monoisotopic (exact) mass is 370 g/mol. The highest BCUT2D eigenvalue weighted by Crippen LogP contribution is 2.31. The lowest BCUT2D eigenvalue weighted by molar-refractivity contribution is -0.123. The van der Waals surface area contributed by atoms with E-state index < -0.39 is 0 Å². The van der Waals surface area contributed by atoms with Crippen LogP contribution in [0.5, 0.6) is 0 Å². The highest BCUT2D eigenvalue weighted by Gasteiger charge is 2.21. The van der Waals surface area contributed by atoms with Crippen LogP contribution in [0.2, 0.25) is 0 Å². The van der Waals surface area contributed by atoms with Gasteiger partial charge >= 0.3 is 0 Å². The number of hydrogen-bond donors (Lipinski definition) is 1. The zero-order valence-electron chi connectivity index (χ0n) is 16.4. The molecule has 0 fully saturated rings. The van der Waals surface area contributed by atoms with Gasteiger partial charge in [0.05, 0.1) is 5.69 Å². The molecule has 0 aliphatic carbocycles. The van der Waals surface area contributed by atoms with Gasteiger partial charge in [0, 0.05) is 13.5 Å². The van der Waals surface area contributed by atoms with Crippen LogP contribution in [0.3, 0.4) is 0 Å². The molecule has 2 rings (SSSR count). The van der Waals surface area contributed by atoms with E-state index in [1.165, 1.54) is 24.0 Å². The van der Waals surface area contributed by atoms with Crippen molar-refractivity contribution in [3.8, 4) is 0 Å². The van der Waals surface area contributed by atoms with Crippen molar-refractivity contribution in [1.82, 2.24) is 5.32 Å². The van der Waals surface area contributed by atoms with Gasteiger partial charge in [0.25, 0.3) is 0 Å². The molecule has 2 aromatic rings. The second-order valence-corrected chi connectivity index (χ2v) is 7.00. The minimum atomic E-state index is -0.279. The molecule has 1 N–H and O–H groups in total. The summed E-state index contributed by atoms with van der Waals surface area (Å²) in [5.41, 5.74) is 3.77. The first-order chi connectivity index (χ1) is 12.8. The fourth-order valence-electron chi connectivity index (χ4n) is 3.06. The van der Waals surface area contributed by atoms with Crippen LogP contribution in [-0.4, -0.2) is 24.9 Å². The molecule has 0 spiro atoms. The maximum absolute atomic E-state index is 12.9. The fourth-order valence-corrected chi connectivity index (χ4v) is 3.06. The third-order valence-corrected chi connectivity index (χ3v) is 4.49. The molecule has 2 aromatic carbocycles. The first kappa shape index (κ1) is 20.6. The first-order valence-electron chi connectivity index (χ1n) is 9.18. The molecule has 144 valence electrons. The van der Waals surface area contributed by atoms with E-state index in [9.17, 15) is 14.0 Å². The quantitative estimate of drug-likeness (QED) is 0.802. The SMILES string of the molecule is CC(=O)N(CC(=O)NCCc1ccc(F)cc1)c1c(C)cccc1C(C)C. The standard InChI is InChI=1S/C22H27FN2O2/c1-15(2)20-7-5-6-16(3)22(20)25(17(4)26)14-21(27)24-13-12-18-8-10-19(23)11-9-18/h5-11,15H,12-14H2,1-4H3,(H,24,27). The minimum absolute atomic E-state index is 0.0245. The number of aryl methyl sites for hydroxylation is 1. The molecule has 27 heavy (non-hydrogen) atoms. The Morgan fingerprint density at radius 3 is 2.37 bits per heavy atom. The summed E-state index contributed by atoms with van der Waals surface area (Å²) in [5, 5.41) is 2.84. The van der Waals surface area contributed by atoms with Crippen molar-refractivity contribution in [1.29, 1.82) is 0 Å². The number of hydrogen-bond acceptors (Lipinski definition) is 2. The lowest BCUT2D eigenvalue weighted by atomic mass is 9.97. The lowest BCUT2D eigenvalue weighted by Crippen LogP contribution is -2.41. The van der Waals surface area contributed by atoms with Crippen molar-refractivity contribution in [3.05, 3.63) is 65.0 Å². The molecular formula is C22H27FN2O2. The van der Waals surface area contributed by atoms with Crippen LogP contribution in [0.15, 0.2) is 42.5 Å². The van der Waals surface area contributed by atoms with E-state index in [0.717, 1.165) is 22.4 Å². The number of halogens is 1. The van der Waals surface area contributed by atoms with Crippen LogP contribution in [-0.2, 0) is 16.0 Å². The van der Waals surface area contributed by atoms with Gasteiger partial charge < -0.3 is 10.2 Å². The van der Waals surface area contributed by atoms with Crippen LogP contribution < -0.4 is 10.2 Å². The fraction of sp³-hybridized carbons (Fsp3) is 0.364. The summed E-state index contributed by atoms with van der Waals surface area (Å²) in [4.78, 5) is 26.2. The number of amides is 2. The van der Waals surface area contributed by atoms with E-state index in [1.54, 1.807) is 12.1 Å². The second kappa shape index (κ2) is 9.31. The zero-order valence-corrected chi connectivity index (χ0v) is 16.4. The molecule has 0 saturated carbocycles. The second-order valence-electron chi connectivity index (χ2n) is 7.00. The van der Waals surface area contributed by atoms with Gasteiger partial charge in [0.15, 0.2) is 0 Å². The summed E-state index contributed by atoms with van der Waals surface area (Å²) < 4.78 is 12.9. The summed E-state index contributed by atoms with van der Waals surface area (Å²) in [5.74, 6) is -0.424. The molecule has 4 nitrogen and oxygen atoms in total. The van der Waals surface area contributed by atoms with Crippen molar-refractivity contribution >= 4 is 17.5 Å². The minimum Gasteiger partial charge on any atom is -0.354 e. The van der Waals surface area contributed by atoms with Crippen LogP contribution in [0.1, 0.15) is 43.4 Å². The Labute approximate surface area is 160 Å². The number of para-hydroxylation sites is 1. The third kappa shape index (κ3) is 5.64. The summed E-state index contributed by atoms with van der Waals surface area (Å²) in [6.07, 6.45) is 0.605. The average molecular weight is 370 g/mol. The van der Waals surface area contributed by atoms with Crippen molar-refractivity contribution in [2.45, 2.75) is 40.0 Å². The molecule has 0 atom stereocenters. The van der Waals surface area contributed by atoms with E-state index in [0.29, 0.717) is 13.0 Å². The Balaban J connectivity index is 2.05. The lowest BCUT2D eigenvalue weighted by Gasteiger charge is -2.27. The van der Waals surface area contributed by atoms with Crippen LogP contribution in [0, 0.1) is 12.7 Å². The summed E-state index contributed by atoms with van der Waals surface area (Å²) in [7, 11) is 0. The van der Waals surface area contributed by atoms with Gasteiger partial charge in [-0.05, 0) is 48.1 Å². The maximum atomic E-state index is 12.9. The topological polar surface area (TPSA) is 49.4 Å². The van der Waals surface area contributed by atoms with E-state index in [4.69, 9.17) is 0 Å². The van der Waals surface area contributed by atoms with Crippen molar-refractivity contribution in [3.63, 3.8) is 0 Å². The van der Waals surface area contributed by atoms with Crippen LogP contribution >= 0.6 is 0 Å². The van der Waals surface area contributed by atoms with E-state index >= 15 is 0 Å². The number of nitrogens with one attached hydrogen (secondary N) is 1. The summed E-state index contributed by atoms with van der Waals surface area (Å²) >= 11 is 0. The highest BCUT2D eigenvalue weighted by molar-refractivity contribution is 5.98. The van der Waals surface area contributed by atoms with E-state index in [1.807, 2.05) is 25.1 Å². The van der Waals surface area contributed by atoms with Gasteiger partial charge in [-0.2, -0.15) is 0 Å². The Morgan fingerprint density at radius 2 is 1.78 bits per heavy atom. The number of benzene rings is 2. The molecule has 0 heterocycles. The Morgan fingerprint density at radius 1 is 1.11 bits per heavy atom. The molecule has 0 aromatic heterocycles. The number of carbonyl (C=O) groups is 2. The van der Waals surface area contributed by atoms with Gasteiger partial charge in [0.1, 0.15) is 12.4 Å². The highest BCUT2D eigenvalue weighted by atomic mass is 19.1. The van der Waals surface area contributed by atoms with Gasteiger partial charge in [-0.15, -0.1) is 0 Å². The largest absolute Gasteiger partial charge is 0.354 e. The van der Waals surface area contributed by atoms with Gasteiger partial charge in [-0.25, -0.2) is 4.39 Å². The molecule has 5 heteroatoms. The number of nitrogens with zero attached hydrogens (tertiary/aromatic N) is 1. The van der Waals surface area contributed by atoms with Gasteiger partial charge in [-0.1, -0.05) is 44.2 Å². The third-order valence-electron chi connectivity index (χ3n) is 4.49. The molecular weight excluding hydrogens is 343 g/mol. The smallest absolute Gasteiger partial charge is 0.240 e. The first-order valence-corrected chi connectivity index (χ1v) is 9.18. The molecule has 0 bridgehead atoms. The molecule has 0 aliphatic rings. The maximum Gasteiger partial charge on any atom is 0.240 e.